The molecule has 62 valence electrons. The Morgan fingerprint density at radius 1 is 1.00 bits per heavy atom. The van der Waals surface area contributed by atoms with Crippen LogP contribution in [0.15, 0.2) is 0 Å². The number of hydrogen-bond donors (Lipinski definition) is 0. The molecular weight excluding hydrogens is 231 g/mol. The third-order valence-corrected chi connectivity index (χ3v) is 0.408. The fourth-order valence-corrected chi connectivity index (χ4v) is 0. The molecule has 0 saturated carbocycles. The fraction of sp³-hybridized carbons (Fsp3) is 1.00. The van der Waals surface area contributed by atoms with Gasteiger partial charge in [0.1, 0.15) is 0 Å². The van der Waals surface area contributed by atoms with Crippen LogP contribution in [0.3, 0.4) is 0 Å². The summed E-state index contributed by atoms with van der Waals surface area (Å²) < 4.78 is 0. The van der Waals surface area contributed by atoms with Crippen LogP contribution >= 0.6 is 0 Å². The minimum Gasteiger partial charge on any atom is -1.00 e. The van der Waals surface area contributed by atoms with Crippen molar-refractivity contribution >= 4 is 0 Å². The standard InChI is InChI=1S/2C3H7O.ClH.Zr.H/c2*1-2-3-4;;;/h2*2-3H2,1H3;1H;;/q2*-1;;+4;-1/p-1. The Kier molecular flexibility index (Phi) is 72.3. The molecule has 0 aromatic carbocycles. The summed E-state index contributed by atoms with van der Waals surface area (Å²) >= 11 is 0. The number of rotatable bonds is 2. The molecule has 0 rings (SSSR count). The molecular formula is C6H15ClO2Zr. The molecule has 0 heterocycles. The fourth-order valence-electron chi connectivity index (χ4n) is 0. The summed E-state index contributed by atoms with van der Waals surface area (Å²) in [5, 5.41) is 18.6. The van der Waals surface area contributed by atoms with Crippen LogP contribution in [0.4, 0.5) is 0 Å². The van der Waals surface area contributed by atoms with Crippen molar-refractivity contribution in [2.75, 3.05) is 13.2 Å². The van der Waals surface area contributed by atoms with Crippen LogP contribution in [0.5, 0.6) is 0 Å². The Labute approximate surface area is 90.0 Å². The van der Waals surface area contributed by atoms with E-state index >= 15 is 0 Å². The predicted octanol–water partition coefficient (Wildman–Crippen LogP) is -3.37. The molecule has 0 N–H and O–H groups in total. The van der Waals surface area contributed by atoms with Gasteiger partial charge in [-0.3, -0.25) is 0 Å². The maximum atomic E-state index is 9.30. The van der Waals surface area contributed by atoms with Gasteiger partial charge in [-0.15, -0.1) is 13.2 Å². The van der Waals surface area contributed by atoms with E-state index in [0.29, 0.717) is 0 Å². The van der Waals surface area contributed by atoms with E-state index in [2.05, 4.69) is 0 Å². The number of halogens is 1. The molecule has 0 saturated heterocycles. The van der Waals surface area contributed by atoms with Gasteiger partial charge < -0.3 is 24.0 Å². The average Bonchev–Trinajstić information content (AvgIpc) is 1.88. The van der Waals surface area contributed by atoms with Crippen LogP contribution < -0.4 is 22.6 Å². The second-order valence-corrected chi connectivity index (χ2v) is 1.41. The molecule has 0 aromatic heterocycles. The smallest absolute Gasteiger partial charge is 1.00 e. The van der Waals surface area contributed by atoms with Gasteiger partial charge in [0.25, 0.3) is 0 Å². The Morgan fingerprint density at radius 2 is 1.10 bits per heavy atom. The van der Waals surface area contributed by atoms with E-state index in [0.717, 1.165) is 12.8 Å². The Bertz CT molecular complexity index is 28.5. The SMILES string of the molecule is CCC[O-].CCC[O-].[Cl-].[H-].[Zr+4]. The van der Waals surface area contributed by atoms with Gasteiger partial charge in [0.15, 0.2) is 0 Å². The second kappa shape index (κ2) is 32.2. The molecule has 0 radical (unpaired) electrons. The molecule has 0 amide bonds. The molecule has 0 fully saturated rings. The first-order valence-corrected chi connectivity index (χ1v) is 2.99. The van der Waals surface area contributed by atoms with E-state index in [1.54, 1.807) is 0 Å². The topological polar surface area (TPSA) is 46.1 Å². The van der Waals surface area contributed by atoms with E-state index in [1.807, 2.05) is 13.8 Å². The van der Waals surface area contributed by atoms with Gasteiger partial charge in [-0.2, -0.15) is 0 Å². The molecule has 4 heteroatoms. The van der Waals surface area contributed by atoms with Crippen molar-refractivity contribution in [1.82, 2.24) is 0 Å². The zero-order valence-electron chi connectivity index (χ0n) is 7.52. The summed E-state index contributed by atoms with van der Waals surface area (Å²) in [4.78, 5) is 0. The van der Waals surface area contributed by atoms with Crippen molar-refractivity contribution in [3.63, 3.8) is 0 Å². The predicted molar refractivity (Wildman–Crippen MR) is 31.4 cm³/mol. The van der Waals surface area contributed by atoms with Crippen molar-refractivity contribution in [3.05, 3.63) is 0 Å². The molecule has 0 bridgehead atoms. The van der Waals surface area contributed by atoms with Gasteiger partial charge in [-0.05, 0) is 0 Å². The Hall–Kier alpha value is 1.09. The average molecular weight is 246 g/mol. The largest absolute Gasteiger partial charge is 4.00 e. The van der Waals surface area contributed by atoms with Gasteiger partial charge >= 0.3 is 26.2 Å². The Balaban J connectivity index is -0.0000000171. The number of hydrogen-bond acceptors (Lipinski definition) is 2. The summed E-state index contributed by atoms with van der Waals surface area (Å²) in [6.45, 7) is 3.88. The summed E-state index contributed by atoms with van der Waals surface area (Å²) in [7, 11) is 0. The van der Waals surface area contributed by atoms with Crippen LogP contribution in [0.25, 0.3) is 0 Å². The van der Waals surface area contributed by atoms with E-state index < -0.39 is 0 Å². The minimum atomic E-state index is 0. The van der Waals surface area contributed by atoms with Crippen molar-refractivity contribution in [2.24, 2.45) is 0 Å². The van der Waals surface area contributed by atoms with E-state index in [4.69, 9.17) is 0 Å². The molecule has 0 aromatic rings. The molecule has 0 spiro atoms. The zero-order chi connectivity index (χ0) is 6.83. The third kappa shape index (κ3) is 62.3. The molecule has 0 aliphatic carbocycles. The van der Waals surface area contributed by atoms with Crippen molar-refractivity contribution in [2.45, 2.75) is 26.7 Å². The minimum absolute atomic E-state index is 0. The molecule has 0 atom stereocenters. The van der Waals surface area contributed by atoms with Crippen LogP contribution in [0.1, 0.15) is 28.1 Å². The van der Waals surface area contributed by atoms with Crippen molar-refractivity contribution < 1.29 is 50.3 Å². The van der Waals surface area contributed by atoms with E-state index in [1.165, 1.54) is 0 Å². The third-order valence-electron chi connectivity index (χ3n) is 0.408. The van der Waals surface area contributed by atoms with Gasteiger partial charge in [0.2, 0.25) is 0 Å². The van der Waals surface area contributed by atoms with Crippen LogP contribution in [-0.2, 0) is 26.2 Å². The molecule has 0 unspecified atom stereocenters. The van der Waals surface area contributed by atoms with Gasteiger partial charge in [-0.25, -0.2) is 0 Å². The quantitative estimate of drug-likeness (QED) is 0.510. The van der Waals surface area contributed by atoms with Gasteiger partial charge in [0, 0.05) is 0 Å². The van der Waals surface area contributed by atoms with Crippen LogP contribution in [-0.4, -0.2) is 13.2 Å². The van der Waals surface area contributed by atoms with Crippen LogP contribution in [0, 0.1) is 0 Å². The molecule has 10 heavy (non-hydrogen) atoms. The maximum absolute atomic E-state index is 9.30. The molecule has 2 nitrogen and oxygen atoms in total. The first-order valence-electron chi connectivity index (χ1n) is 2.99. The summed E-state index contributed by atoms with van der Waals surface area (Å²) in [5.74, 6) is 0. The zero-order valence-corrected chi connectivity index (χ0v) is 9.74. The molecule has 0 aliphatic heterocycles. The first-order chi connectivity index (χ1) is 3.83. The van der Waals surface area contributed by atoms with Gasteiger partial charge in [-0.1, -0.05) is 26.7 Å². The normalized spacial score (nSPS) is 6.00. The Morgan fingerprint density at radius 3 is 1.10 bits per heavy atom. The second-order valence-electron chi connectivity index (χ2n) is 1.41. The first kappa shape index (κ1) is 22.5. The molecule has 0 aliphatic rings. The monoisotopic (exact) mass is 244 g/mol. The maximum Gasteiger partial charge on any atom is 4.00 e. The van der Waals surface area contributed by atoms with E-state index in [9.17, 15) is 10.2 Å². The summed E-state index contributed by atoms with van der Waals surface area (Å²) in [6, 6.07) is 0. The summed E-state index contributed by atoms with van der Waals surface area (Å²) in [6.07, 6.45) is 1.53. The van der Waals surface area contributed by atoms with Gasteiger partial charge in [0.05, 0.1) is 0 Å². The van der Waals surface area contributed by atoms with Crippen molar-refractivity contribution in [3.8, 4) is 0 Å². The van der Waals surface area contributed by atoms with Crippen LogP contribution in [0.2, 0.25) is 0 Å². The van der Waals surface area contributed by atoms with E-state index in [-0.39, 0.29) is 53.3 Å². The summed E-state index contributed by atoms with van der Waals surface area (Å²) in [5.41, 5.74) is 0. The van der Waals surface area contributed by atoms with Crippen molar-refractivity contribution in [1.29, 1.82) is 0 Å².